The molecule has 1 aromatic rings. The third kappa shape index (κ3) is 4.34. The Morgan fingerprint density at radius 3 is 2.62 bits per heavy atom. The lowest BCUT2D eigenvalue weighted by Crippen LogP contribution is -2.14. The van der Waals surface area contributed by atoms with Crippen molar-refractivity contribution in [1.82, 2.24) is 0 Å². The fraction of sp³-hybridized carbons (Fsp3) is 0.529. The predicted molar refractivity (Wildman–Crippen MR) is 85.9 cm³/mol. The van der Waals surface area contributed by atoms with Crippen molar-refractivity contribution in [3.05, 3.63) is 34.9 Å². The molecule has 0 unspecified atom stereocenters. The Hall–Kier alpha value is -1.29. The highest BCUT2D eigenvalue weighted by molar-refractivity contribution is 8.00. The second kappa shape index (κ2) is 6.65. The summed E-state index contributed by atoms with van der Waals surface area (Å²) in [5, 5.41) is 0. The van der Waals surface area contributed by atoms with Gasteiger partial charge in [-0.15, -0.1) is 0 Å². The van der Waals surface area contributed by atoms with Gasteiger partial charge in [0.1, 0.15) is 0 Å². The number of carbonyl (C=O) groups is 2. The molecule has 1 aliphatic rings. The van der Waals surface area contributed by atoms with Crippen LogP contribution >= 0.6 is 11.8 Å². The number of benzene rings is 1. The van der Waals surface area contributed by atoms with Crippen molar-refractivity contribution in [2.75, 3.05) is 18.6 Å². The van der Waals surface area contributed by atoms with Crippen LogP contribution in [0.5, 0.6) is 0 Å². The first-order valence-electron chi connectivity index (χ1n) is 7.21. The first-order valence-corrected chi connectivity index (χ1v) is 8.36. The molecule has 114 valence electrons. The standard InChI is InChI=1S/C17H22O3S/c1-12-4-5-13(2)14(8-12)15(18)10-21-11-17(6-7-17)9-16(19)20-3/h4-5,8H,6-7,9-11H2,1-3H3. The van der Waals surface area contributed by atoms with Crippen molar-refractivity contribution in [3.63, 3.8) is 0 Å². The number of esters is 1. The molecule has 1 saturated carbocycles. The van der Waals surface area contributed by atoms with Crippen LogP contribution in [0.2, 0.25) is 0 Å². The lowest BCUT2D eigenvalue weighted by atomic mass is 10.0. The van der Waals surface area contributed by atoms with Crippen LogP contribution < -0.4 is 0 Å². The van der Waals surface area contributed by atoms with Gasteiger partial charge in [0.15, 0.2) is 5.78 Å². The van der Waals surface area contributed by atoms with Crippen molar-refractivity contribution in [1.29, 1.82) is 0 Å². The van der Waals surface area contributed by atoms with Crippen LogP contribution in [0.3, 0.4) is 0 Å². The average molecular weight is 306 g/mol. The van der Waals surface area contributed by atoms with Gasteiger partial charge in [-0.1, -0.05) is 17.7 Å². The van der Waals surface area contributed by atoms with Gasteiger partial charge in [0.25, 0.3) is 0 Å². The van der Waals surface area contributed by atoms with Crippen LogP contribution in [0, 0.1) is 19.3 Å². The van der Waals surface area contributed by atoms with E-state index in [0.29, 0.717) is 12.2 Å². The van der Waals surface area contributed by atoms with Crippen LogP contribution in [-0.4, -0.2) is 30.4 Å². The summed E-state index contributed by atoms with van der Waals surface area (Å²) in [5.74, 6) is 1.37. The molecule has 1 fully saturated rings. The molecule has 21 heavy (non-hydrogen) atoms. The summed E-state index contributed by atoms with van der Waals surface area (Å²) in [4.78, 5) is 23.7. The van der Waals surface area contributed by atoms with E-state index >= 15 is 0 Å². The Morgan fingerprint density at radius 1 is 1.29 bits per heavy atom. The molecule has 4 heteroatoms. The molecule has 0 amide bonds. The van der Waals surface area contributed by atoms with E-state index in [4.69, 9.17) is 4.74 Å². The summed E-state index contributed by atoms with van der Waals surface area (Å²) in [7, 11) is 1.43. The molecule has 2 rings (SSSR count). The normalized spacial score (nSPS) is 15.6. The fourth-order valence-corrected chi connectivity index (χ4v) is 3.67. The third-order valence-electron chi connectivity index (χ3n) is 4.04. The minimum atomic E-state index is -0.144. The number of methoxy groups -OCH3 is 1. The van der Waals surface area contributed by atoms with E-state index in [-0.39, 0.29) is 17.2 Å². The van der Waals surface area contributed by atoms with E-state index in [1.165, 1.54) is 7.11 Å². The van der Waals surface area contributed by atoms with Crippen LogP contribution in [0.15, 0.2) is 18.2 Å². The third-order valence-corrected chi connectivity index (χ3v) is 5.32. The molecule has 0 heterocycles. The van der Waals surface area contributed by atoms with Crippen molar-refractivity contribution in [2.45, 2.75) is 33.1 Å². The Kier molecular flexibility index (Phi) is 5.09. The Labute approximate surface area is 130 Å². The molecule has 3 nitrogen and oxygen atoms in total. The molecule has 1 aromatic carbocycles. The molecular weight excluding hydrogens is 284 g/mol. The van der Waals surface area contributed by atoms with Crippen LogP contribution in [0.25, 0.3) is 0 Å². The van der Waals surface area contributed by atoms with E-state index < -0.39 is 0 Å². The van der Waals surface area contributed by atoms with Gasteiger partial charge in [0.2, 0.25) is 0 Å². The molecular formula is C17H22O3S. The lowest BCUT2D eigenvalue weighted by molar-refractivity contribution is -0.141. The van der Waals surface area contributed by atoms with Gasteiger partial charge in [-0.3, -0.25) is 9.59 Å². The van der Waals surface area contributed by atoms with Crippen LogP contribution in [0.4, 0.5) is 0 Å². The van der Waals surface area contributed by atoms with E-state index in [0.717, 1.165) is 35.3 Å². The van der Waals surface area contributed by atoms with Crippen molar-refractivity contribution < 1.29 is 14.3 Å². The van der Waals surface area contributed by atoms with Crippen molar-refractivity contribution >= 4 is 23.5 Å². The first kappa shape index (κ1) is 16.1. The maximum atomic E-state index is 12.3. The molecule has 0 spiro atoms. The van der Waals surface area contributed by atoms with Crippen LogP contribution in [-0.2, 0) is 9.53 Å². The van der Waals surface area contributed by atoms with Gasteiger partial charge >= 0.3 is 5.97 Å². The summed E-state index contributed by atoms with van der Waals surface area (Å²) in [6, 6.07) is 5.97. The number of hydrogen-bond acceptors (Lipinski definition) is 4. The Balaban J connectivity index is 1.85. The number of aryl methyl sites for hydroxylation is 2. The second-order valence-corrected chi connectivity index (χ2v) is 6.97. The number of rotatable bonds is 7. The number of hydrogen-bond donors (Lipinski definition) is 0. The van der Waals surface area contributed by atoms with Crippen molar-refractivity contribution in [2.24, 2.45) is 5.41 Å². The zero-order valence-electron chi connectivity index (χ0n) is 12.9. The number of ether oxygens (including phenoxy) is 1. The SMILES string of the molecule is COC(=O)CC1(CSCC(=O)c2cc(C)ccc2C)CC1. The van der Waals surface area contributed by atoms with Gasteiger partial charge in [-0.2, -0.15) is 11.8 Å². The minimum Gasteiger partial charge on any atom is -0.469 e. The zero-order valence-corrected chi connectivity index (χ0v) is 13.7. The maximum Gasteiger partial charge on any atom is 0.306 e. The van der Waals surface area contributed by atoms with Gasteiger partial charge in [-0.25, -0.2) is 0 Å². The topological polar surface area (TPSA) is 43.4 Å². The molecule has 0 saturated heterocycles. The first-order chi connectivity index (χ1) is 9.96. The summed E-state index contributed by atoms with van der Waals surface area (Å²) < 4.78 is 4.74. The molecule has 1 aliphatic carbocycles. The smallest absolute Gasteiger partial charge is 0.306 e. The number of Topliss-reactive ketones (excluding diaryl/α,β-unsaturated/α-hetero) is 1. The molecule has 0 radical (unpaired) electrons. The van der Waals surface area contributed by atoms with Crippen molar-refractivity contribution in [3.8, 4) is 0 Å². The largest absolute Gasteiger partial charge is 0.469 e. The Bertz CT molecular complexity index is 547. The van der Waals surface area contributed by atoms with E-state index in [9.17, 15) is 9.59 Å². The van der Waals surface area contributed by atoms with Crippen LogP contribution in [0.1, 0.15) is 40.7 Å². The number of carbonyl (C=O) groups excluding carboxylic acids is 2. The highest BCUT2D eigenvalue weighted by Crippen LogP contribution is 2.51. The highest BCUT2D eigenvalue weighted by Gasteiger charge is 2.44. The fourth-order valence-electron chi connectivity index (χ4n) is 2.40. The zero-order chi connectivity index (χ0) is 15.5. The summed E-state index contributed by atoms with van der Waals surface area (Å²) in [6.45, 7) is 3.97. The maximum absolute atomic E-state index is 12.3. The number of thioether (sulfide) groups is 1. The second-order valence-electron chi connectivity index (χ2n) is 5.99. The average Bonchev–Trinajstić information content (AvgIpc) is 3.21. The van der Waals surface area contributed by atoms with E-state index in [2.05, 4.69) is 0 Å². The molecule has 0 bridgehead atoms. The van der Waals surface area contributed by atoms with Gasteiger partial charge in [0.05, 0.1) is 19.3 Å². The van der Waals surface area contributed by atoms with Gasteiger partial charge < -0.3 is 4.74 Å². The molecule has 0 aromatic heterocycles. The molecule has 0 atom stereocenters. The lowest BCUT2D eigenvalue weighted by Gasteiger charge is -2.13. The number of ketones is 1. The van der Waals surface area contributed by atoms with Gasteiger partial charge in [-0.05, 0) is 49.5 Å². The Morgan fingerprint density at radius 2 is 2.00 bits per heavy atom. The summed E-state index contributed by atoms with van der Waals surface area (Å²) in [6.07, 6.45) is 2.60. The highest BCUT2D eigenvalue weighted by atomic mass is 32.2. The predicted octanol–water partition coefficient (Wildman–Crippen LogP) is 3.56. The van der Waals surface area contributed by atoms with E-state index in [1.54, 1.807) is 11.8 Å². The quantitative estimate of drug-likeness (QED) is 0.570. The molecule has 0 N–H and O–H groups in total. The van der Waals surface area contributed by atoms with E-state index in [1.807, 2.05) is 32.0 Å². The monoisotopic (exact) mass is 306 g/mol. The minimum absolute atomic E-state index is 0.0830. The summed E-state index contributed by atoms with van der Waals surface area (Å²) >= 11 is 1.64. The van der Waals surface area contributed by atoms with Gasteiger partial charge in [0, 0.05) is 5.56 Å². The summed E-state index contributed by atoms with van der Waals surface area (Å²) in [5.41, 5.74) is 3.04. The molecule has 0 aliphatic heterocycles.